The second kappa shape index (κ2) is 4.04. The summed E-state index contributed by atoms with van der Waals surface area (Å²) in [5.41, 5.74) is 0. The maximum atomic E-state index is 11.9. The molecule has 3 atom stereocenters. The molecule has 1 aliphatic heterocycles. The van der Waals surface area contributed by atoms with Gasteiger partial charge in [0, 0.05) is 24.1 Å². The number of thioether (sulfide) groups is 1. The molecule has 84 valence electrons. The summed E-state index contributed by atoms with van der Waals surface area (Å²) in [5.74, 6) is 0.506. The molecule has 0 spiro atoms. The third-order valence-electron chi connectivity index (χ3n) is 3.08. The molecule has 2 aliphatic rings. The van der Waals surface area contributed by atoms with E-state index in [1.807, 2.05) is 23.6 Å². The largest absolute Gasteiger partial charge is 0.481 e. The Labute approximate surface area is 93.0 Å². The van der Waals surface area contributed by atoms with Crippen LogP contribution < -0.4 is 0 Å². The van der Waals surface area contributed by atoms with Crippen molar-refractivity contribution < 1.29 is 14.7 Å². The summed E-state index contributed by atoms with van der Waals surface area (Å²) in [7, 11) is 0. The quantitative estimate of drug-likeness (QED) is 0.756. The zero-order chi connectivity index (χ0) is 11.0. The topological polar surface area (TPSA) is 57.6 Å². The lowest BCUT2D eigenvalue weighted by molar-refractivity contribution is -0.142. The highest BCUT2D eigenvalue weighted by molar-refractivity contribution is 7.99. The first kappa shape index (κ1) is 10.8. The van der Waals surface area contributed by atoms with Gasteiger partial charge in [-0.2, -0.15) is 11.8 Å². The van der Waals surface area contributed by atoms with Crippen LogP contribution in [0.3, 0.4) is 0 Å². The number of hydrogen-bond donors (Lipinski definition) is 1. The second-order valence-corrected chi connectivity index (χ2v) is 5.39. The molecular weight excluding hydrogens is 214 g/mol. The summed E-state index contributed by atoms with van der Waals surface area (Å²) < 4.78 is 0. The molecule has 0 aromatic carbocycles. The minimum atomic E-state index is -0.826. The van der Waals surface area contributed by atoms with Gasteiger partial charge < -0.3 is 10.0 Å². The number of carbonyl (C=O) groups is 2. The summed E-state index contributed by atoms with van der Waals surface area (Å²) in [4.78, 5) is 24.5. The molecule has 0 bridgehead atoms. The van der Waals surface area contributed by atoms with Crippen LogP contribution in [-0.4, -0.2) is 46.0 Å². The van der Waals surface area contributed by atoms with Gasteiger partial charge in [-0.15, -0.1) is 0 Å². The van der Waals surface area contributed by atoms with E-state index >= 15 is 0 Å². The number of carboxylic acids is 1. The molecule has 1 N–H and O–H groups in total. The Morgan fingerprint density at radius 2 is 2.13 bits per heavy atom. The Hall–Kier alpha value is -0.710. The molecule has 0 aromatic heterocycles. The first-order chi connectivity index (χ1) is 7.11. The maximum Gasteiger partial charge on any atom is 0.307 e. The lowest BCUT2D eigenvalue weighted by atomic mass is 10.2. The molecule has 2 rings (SSSR count). The van der Waals surface area contributed by atoms with Crippen molar-refractivity contribution in [3.05, 3.63) is 0 Å². The zero-order valence-electron chi connectivity index (χ0n) is 8.68. The number of aliphatic carboxylic acids is 1. The van der Waals surface area contributed by atoms with Crippen molar-refractivity contribution in [3.8, 4) is 0 Å². The molecule has 1 saturated heterocycles. The molecule has 4 nitrogen and oxygen atoms in total. The Balaban J connectivity index is 1.94. The van der Waals surface area contributed by atoms with Gasteiger partial charge in [-0.05, 0) is 13.3 Å². The maximum absolute atomic E-state index is 11.9. The standard InChI is InChI=1S/C10H15NO3S/c1-6-5-15-3-2-11(6)9(12)7-4-8(7)10(13)14/h6-8H,2-5H2,1H3,(H,13,14). The van der Waals surface area contributed by atoms with Gasteiger partial charge >= 0.3 is 5.97 Å². The monoisotopic (exact) mass is 229 g/mol. The number of carbonyl (C=O) groups excluding carboxylic acids is 1. The zero-order valence-corrected chi connectivity index (χ0v) is 9.50. The van der Waals surface area contributed by atoms with E-state index in [0.717, 1.165) is 18.1 Å². The fraction of sp³-hybridized carbons (Fsp3) is 0.800. The van der Waals surface area contributed by atoms with Gasteiger partial charge in [-0.25, -0.2) is 0 Å². The molecular formula is C10H15NO3S. The third kappa shape index (κ3) is 2.12. The second-order valence-electron chi connectivity index (χ2n) is 4.24. The lowest BCUT2D eigenvalue weighted by Crippen LogP contribution is -2.45. The fourth-order valence-corrected chi connectivity index (χ4v) is 3.02. The van der Waals surface area contributed by atoms with Crippen molar-refractivity contribution in [1.82, 2.24) is 4.90 Å². The summed E-state index contributed by atoms with van der Waals surface area (Å²) in [5, 5.41) is 8.76. The van der Waals surface area contributed by atoms with Gasteiger partial charge in [0.05, 0.1) is 11.8 Å². The van der Waals surface area contributed by atoms with Crippen LogP contribution in [-0.2, 0) is 9.59 Å². The van der Waals surface area contributed by atoms with Crippen molar-refractivity contribution >= 4 is 23.6 Å². The van der Waals surface area contributed by atoms with Crippen molar-refractivity contribution in [2.24, 2.45) is 11.8 Å². The number of carboxylic acid groups (broad SMARTS) is 1. The van der Waals surface area contributed by atoms with Crippen LogP contribution in [0.1, 0.15) is 13.3 Å². The fourth-order valence-electron chi connectivity index (χ4n) is 2.01. The van der Waals surface area contributed by atoms with Gasteiger partial charge in [0.15, 0.2) is 0 Å². The summed E-state index contributed by atoms with van der Waals surface area (Å²) >= 11 is 1.85. The first-order valence-electron chi connectivity index (χ1n) is 5.22. The summed E-state index contributed by atoms with van der Waals surface area (Å²) in [6.45, 7) is 2.80. The van der Waals surface area contributed by atoms with E-state index in [-0.39, 0.29) is 17.9 Å². The van der Waals surface area contributed by atoms with Gasteiger partial charge in [-0.3, -0.25) is 9.59 Å². The van der Waals surface area contributed by atoms with Crippen molar-refractivity contribution in [2.75, 3.05) is 18.1 Å². The van der Waals surface area contributed by atoms with E-state index in [1.54, 1.807) is 0 Å². The van der Waals surface area contributed by atoms with Crippen LogP contribution in [0.4, 0.5) is 0 Å². The molecule has 1 aliphatic carbocycles. The average molecular weight is 229 g/mol. The Bertz CT molecular complexity index is 294. The number of rotatable bonds is 2. The van der Waals surface area contributed by atoms with E-state index in [9.17, 15) is 9.59 Å². The Kier molecular flexibility index (Phi) is 2.91. The highest BCUT2D eigenvalue weighted by atomic mass is 32.2. The van der Waals surface area contributed by atoms with E-state index in [0.29, 0.717) is 6.42 Å². The van der Waals surface area contributed by atoms with E-state index in [4.69, 9.17) is 5.11 Å². The van der Waals surface area contributed by atoms with Gasteiger partial charge in [0.2, 0.25) is 5.91 Å². The van der Waals surface area contributed by atoms with Crippen LogP contribution in [0.5, 0.6) is 0 Å². The SMILES string of the molecule is CC1CSCCN1C(=O)C1CC1C(=O)O. The van der Waals surface area contributed by atoms with Crippen LogP contribution in [0.2, 0.25) is 0 Å². The molecule has 1 heterocycles. The summed E-state index contributed by atoms with van der Waals surface area (Å²) in [6.07, 6.45) is 0.532. The van der Waals surface area contributed by atoms with Gasteiger partial charge in [-0.1, -0.05) is 0 Å². The Morgan fingerprint density at radius 3 is 2.67 bits per heavy atom. The minimum absolute atomic E-state index is 0.0511. The van der Waals surface area contributed by atoms with Crippen molar-refractivity contribution in [3.63, 3.8) is 0 Å². The van der Waals surface area contributed by atoms with Crippen LogP contribution in [0, 0.1) is 11.8 Å². The number of hydrogen-bond acceptors (Lipinski definition) is 3. The van der Waals surface area contributed by atoms with Crippen LogP contribution in [0.25, 0.3) is 0 Å². The predicted molar refractivity (Wildman–Crippen MR) is 57.7 cm³/mol. The minimum Gasteiger partial charge on any atom is -0.481 e. The third-order valence-corrected chi connectivity index (χ3v) is 4.26. The Morgan fingerprint density at radius 1 is 1.40 bits per heavy atom. The van der Waals surface area contributed by atoms with Crippen molar-refractivity contribution in [2.45, 2.75) is 19.4 Å². The molecule has 0 aromatic rings. The molecule has 3 unspecified atom stereocenters. The van der Waals surface area contributed by atoms with E-state index in [1.165, 1.54) is 0 Å². The molecule has 2 fully saturated rings. The predicted octanol–water partition coefficient (Wildman–Crippen LogP) is 0.671. The number of nitrogens with zero attached hydrogens (tertiary/aromatic N) is 1. The molecule has 1 amide bonds. The van der Waals surface area contributed by atoms with Crippen LogP contribution in [0.15, 0.2) is 0 Å². The number of amides is 1. The summed E-state index contributed by atoms with van der Waals surface area (Å²) in [6, 6.07) is 0.256. The highest BCUT2D eigenvalue weighted by Crippen LogP contribution is 2.40. The normalized spacial score (nSPS) is 35.0. The van der Waals surface area contributed by atoms with E-state index in [2.05, 4.69) is 0 Å². The molecule has 0 radical (unpaired) electrons. The van der Waals surface area contributed by atoms with Gasteiger partial charge in [0.1, 0.15) is 0 Å². The smallest absolute Gasteiger partial charge is 0.307 e. The molecule has 15 heavy (non-hydrogen) atoms. The van der Waals surface area contributed by atoms with Crippen molar-refractivity contribution in [1.29, 1.82) is 0 Å². The molecule has 5 heteroatoms. The first-order valence-corrected chi connectivity index (χ1v) is 6.37. The van der Waals surface area contributed by atoms with Crippen LogP contribution >= 0.6 is 11.8 Å². The average Bonchev–Trinajstić information content (AvgIpc) is 2.97. The highest BCUT2D eigenvalue weighted by Gasteiger charge is 2.50. The van der Waals surface area contributed by atoms with E-state index < -0.39 is 11.9 Å². The lowest BCUT2D eigenvalue weighted by Gasteiger charge is -2.33. The molecule has 1 saturated carbocycles. The van der Waals surface area contributed by atoms with Gasteiger partial charge in [0.25, 0.3) is 0 Å².